The van der Waals surface area contributed by atoms with Crippen molar-refractivity contribution in [1.29, 1.82) is 0 Å². The molecule has 4 heterocycles. The lowest BCUT2D eigenvalue weighted by atomic mass is 9.95. The third kappa shape index (κ3) is 3.66. The van der Waals surface area contributed by atoms with Crippen LogP contribution < -0.4 is 20.1 Å². The molecule has 0 spiro atoms. The monoisotopic (exact) mass is 449 g/mol. The van der Waals surface area contributed by atoms with E-state index in [0.29, 0.717) is 42.2 Å². The molecule has 33 heavy (non-hydrogen) atoms. The molecule has 1 saturated heterocycles. The highest BCUT2D eigenvalue weighted by atomic mass is 16.6. The molecule has 3 aliphatic rings. The molecular weight excluding hydrogens is 422 g/mol. The van der Waals surface area contributed by atoms with Gasteiger partial charge in [0.1, 0.15) is 36.7 Å². The van der Waals surface area contributed by atoms with Crippen LogP contribution in [-0.2, 0) is 4.74 Å². The van der Waals surface area contributed by atoms with Crippen molar-refractivity contribution in [1.82, 2.24) is 20.3 Å². The zero-order chi connectivity index (χ0) is 22.5. The van der Waals surface area contributed by atoms with Crippen molar-refractivity contribution in [2.24, 2.45) is 17.8 Å². The van der Waals surface area contributed by atoms with Crippen LogP contribution in [0.3, 0.4) is 0 Å². The van der Waals surface area contributed by atoms with Crippen molar-refractivity contribution in [2.75, 3.05) is 31.7 Å². The van der Waals surface area contributed by atoms with Crippen LogP contribution in [0.25, 0.3) is 11.0 Å². The van der Waals surface area contributed by atoms with Crippen molar-refractivity contribution in [3.8, 4) is 11.5 Å². The molecule has 3 aromatic rings. The second-order valence-corrected chi connectivity index (χ2v) is 9.30. The number of aromatic nitrogens is 3. The average molecular weight is 450 g/mol. The second kappa shape index (κ2) is 7.91. The lowest BCUT2D eigenvalue weighted by Crippen LogP contribution is -2.30. The van der Waals surface area contributed by atoms with Gasteiger partial charge in [-0.25, -0.2) is 9.97 Å². The van der Waals surface area contributed by atoms with Crippen molar-refractivity contribution >= 4 is 22.8 Å². The molecule has 1 unspecified atom stereocenters. The van der Waals surface area contributed by atoms with Gasteiger partial charge in [0.15, 0.2) is 11.5 Å². The summed E-state index contributed by atoms with van der Waals surface area (Å²) < 4.78 is 16.8. The van der Waals surface area contributed by atoms with E-state index in [0.717, 1.165) is 35.7 Å². The zero-order valence-corrected chi connectivity index (χ0v) is 18.6. The summed E-state index contributed by atoms with van der Waals surface area (Å²) in [6.07, 6.45) is 1.51. The first-order valence-corrected chi connectivity index (χ1v) is 11.5. The van der Waals surface area contributed by atoms with E-state index in [9.17, 15) is 4.79 Å². The van der Waals surface area contributed by atoms with E-state index in [2.05, 4.69) is 45.5 Å². The van der Waals surface area contributed by atoms with E-state index in [4.69, 9.17) is 14.2 Å². The molecule has 6 rings (SSSR count). The molecule has 9 nitrogen and oxygen atoms in total. The molecular formula is C24H27N5O4. The maximum atomic E-state index is 12.8. The molecule has 2 aliphatic heterocycles. The topological polar surface area (TPSA) is 110 Å². The zero-order valence-electron chi connectivity index (χ0n) is 18.6. The summed E-state index contributed by atoms with van der Waals surface area (Å²) in [6.45, 7) is 6.89. The van der Waals surface area contributed by atoms with Gasteiger partial charge >= 0.3 is 0 Å². The number of aromatic amines is 1. The van der Waals surface area contributed by atoms with Crippen LogP contribution in [0, 0.1) is 17.8 Å². The van der Waals surface area contributed by atoms with Crippen molar-refractivity contribution in [3.63, 3.8) is 0 Å². The molecule has 0 bridgehead atoms. The molecule has 4 atom stereocenters. The van der Waals surface area contributed by atoms with Crippen LogP contribution in [0.15, 0.2) is 30.6 Å². The summed E-state index contributed by atoms with van der Waals surface area (Å²) in [6, 6.07) is 8.04. The van der Waals surface area contributed by atoms with Gasteiger partial charge in [-0.1, -0.05) is 19.9 Å². The third-order valence-electron chi connectivity index (χ3n) is 6.80. The number of anilines is 1. The lowest BCUT2D eigenvalue weighted by molar-refractivity contribution is 0.0924. The molecule has 1 saturated carbocycles. The third-order valence-corrected chi connectivity index (χ3v) is 6.80. The molecule has 1 amide bonds. The Morgan fingerprint density at radius 3 is 2.67 bits per heavy atom. The Labute approximate surface area is 191 Å². The Bertz CT molecular complexity index is 1200. The number of benzene rings is 1. The number of carbonyl (C=O) groups is 1. The summed E-state index contributed by atoms with van der Waals surface area (Å²) in [4.78, 5) is 24.8. The predicted octanol–water partition coefficient (Wildman–Crippen LogP) is 2.91. The fraction of sp³-hybridized carbons (Fsp3) is 0.458. The van der Waals surface area contributed by atoms with Crippen molar-refractivity contribution in [3.05, 3.63) is 41.9 Å². The molecule has 2 aromatic heterocycles. The van der Waals surface area contributed by atoms with Crippen molar-refractivity contribution in [2.45, 2.75) is 25.9 Å². The first-order valence-electron chi connectivity index (χ1n) is 11.5. The van der Waals surface area contributed by atoms with Gasteiger partial charge in [-0.15, -0.1) is 0 Å². The van der Waals surface area contributed by atoms with Gasteiger partial charge in [0.2, 0.25) is 0 Å². The van der Waals surface area contributed by atoms with Gasteiger partial charge in [0.25, 0.3) is 5.91 Å². The fourth-order valence-corrected chi connectivity index (χ4v) is 4.90. The number of fused-ring (bicyclic) bond motifs is 3. The maximum absolute atomic E-state index is 12.8. The second-order valence-electron chi connectivity index (χ2n) is 9.30. The molecule has 1 aromatic carbocycles. The lowest BCUT2D eigenvalue weighted by Gasteiger charge is -2.26. The van der Waals surface area contributed by atoms with E-state index >= 15 is 0 Å². The number of amides is 1. The Hall–Kier alpha value is -3.33. The van der Waals surface area contributed by atoms with E-state index in [-0.39, 0.29) is 23.9 Å². The summed E-state index contributed by atoms with van der Waals surface area (Å²) >= 11 is 0. The Morgan fingerprint density at radius 2 is 1.88 bits per heavy atom. The first-order chi connectivity index (χ1) is 16.1. The number of carbonyl (C=O) groups excluding carboxylic acids is 1. The van der Waals surface area contributed by atoms with Crippen LogP contribution in [0.2, 0.25) is 0 Å². The minimum absolute atomic E-state index is 0.0167. The Morgan fingerprint density at radius 1 is 1.09 bits per heavy atom. The number of hydrogen-bond acceptors (Lipinski definition) is 7. The average Bonchev–Trinajstić information content (AvgIpc) is 3.19. The van der Waals surface area contributed by atoms with E-state index in [1.54, 1.807) is 0 Å². The fourth-order valence-electron chi connectivity index (χ4n) is 4.90. The first kappa shape index (κ1) is 20.3. The van der Waals surface area contributed by atoms with Gasteiger partial charge in [0.05, 0.1) is 24.6 Å². The van der Waals surface area contributed by atoms with Crippen LogP contribution in [0.5, 0.6) is 11.5 Å². The van der Waals surface area contributed by atoms with Gasteiger partial charge in [-0.2, -0.15) is 0 Å². The molecule has 9 heteroatoms. The highest BCUT2D eigenvalue weighted by Crippen LogP contribution is 2.44. The Balaban J connectivity index is 1.25. The van der Waals surface area contributed by atoms with E-state index in [1.165, 1.54) is 6.33 Å². The van der Waals surface area contributed by atoms with Gasteiger partial charge in [-0.3, -0.25) is 4.79 Å². The molecule has 3 N–H and O–H groups in total. The van der Waals surface area contributed by atoms with Gasteiger partial charge < -0.3 is 29.8 Å². The highest BCUT2D eigenvalue weighted by Gasteiger charge is 2.54. The number of ether oxygens (including phenoxy) is 3. The van der Waals surface area contributed by atoms with Crippen LogP contribution in [-0.4, -0.2) is 53.3 Å². The number of rotatable bonds is 6. The quantitative estimate of drug-likeness (QED) is 0.531. The Kier molecular flexibility index (Phi) is 4.86. The summed E-state index contributed by atoms with van der Waals surface area (Å²) in [5.41, 5.74) is 2.19. The number of hydrogen-bond donors (Lipinski definition) is 3. The smallest absolute Gasteiger partial charge is 0.268 e. The number of H-pyrrole nitrogens is 1. The summed E-state index contributed by atoms with van der Waals surface area (Å²) in [7, 11) is 0. The minimum Gasteiger partial charge on any atom is -0.486 e. The normalized spacial score (nSPS) is 23.9. The molecule has 1 aliphatic carbocycles. The molecule has 172 valence electrons. The molecule has 0 radical (unpaired) electrons. The van der Waals surface area contributed by atoms with E-state index in [1.807, 2.05) is 18.2 Å². The summed E-state index contributed by atoms with van der Waals surface area (Å²) in [5.74, 6) is 3.27. The van der Waals surface area contributed by atoms with E-state index < -0.39 is 0 Å². The summed E-state index contributed by atoms with van der Waals surface area (Å²) in [5, 5.41) is 7.47. The van der Waals surface area contributed by atoms with Crippen molar-refractivity contribution < 1.29 is 19.0 Å². The van der Waals surface area contributed by atoms with Gasteiger partial charge in [-0.05, 0) is 29.7 Å². The van der Waals surface area contributed by atoms with Gasteiger partial charge in [0, 0.05) is 17.9 Å². The SMILES string of the molecule is CC(C)[C@@H](Nc1ncnc2[nH]c(C(=O)NC3[C@H]4COC[C@@H]34)cc12)c1ccc2c(c1)OCCO2. The number of nitrogens with one attached hydrogen (secondary N) is 3. The van der Waals surface area contributed by atoms with Crippen LogP contribution in [0.4, 0.5) is 5.82 Å². The number of nitrogens with zero attached hydrogens (tertiary/aromatic N) is 2. The molecule has 2 fully saturated rings. The van der Waals surface area contributed by atoms with Crippen LogP contribution in [0.1, 0.15) is 35.9 Å². The minimum atomic E-state index is -0.120. The predicted molar refractivity (Wildman–Crippen MR) is 122 cm³/mol. The van der Waals surface area contributed by atoms with Crippen LogP contribution >= 0.6 is 0 Å². The highest BCUT2D eigenvalue weighted by molar-refractivity contribution is 6.00. The maximum Gasteiger partial charge on any atom is 0.268 e. The largest absolute Gasteiger partial charge is 0.486 e. The standard InChI is InChI=1S/C24H27N5O4/c1-12(2)20(13-3-4-18-19(7-13)33-6-5-32-18)28-23-14-8-17(27-22(14)25-11-26-23)24(30)29-21-15-9-31-10-16(15)21/h3-4,7-8,11-12,15-16,20-21H,5-6,9-10H2,1-2H3,(H,29,30)(H2,25,26,27,28)/t15-,16+,20-,21?/m1/s1.